The van der Waals surface area contributed by atoms with Crippen molar-refractivity contribution in [2.24, 2.45) is 0 Å². The monoisotopic (exact) mass is 342 g/mol. The molecule has 2 aromatic carbocycles. The van der Waals surface area contributed by atoms with Gasteiger partial charge in [0, 0.05) is 17.0 Å². The van der Waals surface area contributed by atoms with Crippen molar-refractivity contribution >= 4 is 23.5 Å². The molecule has 2 heterocycles. The fourth-order valence-corrected chi connectivity index (χ4v) is 3.51. The summed E-state index contributed by atoms with van der Waals surface area (Å²) in [6.45, 7) is 0.526. The van der Waals surface area contributed by atoms with E-state index in [0.717, 1.165) is 5.56 Å². The number of carbonyl (C=O) groups is 2. The Labute approximate surface area is 144 Å². The van der Waals surface area contributed by atoms with Gasteiger partial charge in [0.05, 0.1) is 13.2 Å². The van der Waals surface area contributed by atoms with Gasteiger partial charge in [-0.3, -0.25) is 9.69 Å². The number of hydrogen-bond donors (Lipinski definition) is 1. The van der Waals surface area contributed by atoms with Crippen LogP contribution in [0.25, 0.3) is 0 Å². The summed E-state index contributed by atoms with van der Waals surface area (Å²) in [4.78, 5) is 26.8. The minimum atomic E-state index is -1.05. The maximum Gasteiger partial charge on any atom is 0.325 e. The predicted molar refractivity (Wildman–Crippen MR) is 88.8 cm³/mol. The number of halogens is 1. The molecule has 24 heavy (non-hydrogen) atoms. The molecule has 4 rings (SSSR count). The van der Waals surface area contributed by atoms with Crippen molar-refractivity contribution in [2.75, 3.05) is 6.61 Å². The van der Waals surface area contributed by atoms with Crippen molar-refractivity contribution in [1.29, 1.82) is 0 Å². The van der Waals surface area contributed by atoms with Gasteiger partial charge in [-0.15, -0.1) is 0 Å². The SMILES string of the molecule is O=C1N[C@]2(CCOc3ccccc32)C(=O)N1Cc1ccccc1Cl. The third kappa shape index (κ3) is 2.16. The second-order valence-corrected chi connectivity index (χ2v) is 6.32. The highest BCUT2D eigenvalue weighted by molar-refractivity contribution is 6.31. The Balaban J connectivity index is 1.71. The number of ether oxygens (including phenoxy) is 1. The standard InChI is InChI=1S/C18H15ClN2O3/c19-14-7-3-1-5-12(14)11-21-16(22)18(20-17(21)23)9-10-24-15-8-4-2-6-13(15)18/h1-8H,9-11H2,(H,20,23)/t18-/m0/s1. The molecular formula is C18H15ClN2O3. The smallest absolute Gasteiger partial charge is 0.325 e. The highest BCUT2D eigenvalue weighted by atomic mass is 35.5. The number of hydrogen-bond acceptors (Lipinski definition) is 3. The van der Waals surface area contributed by atoms with E-state index in [0.29, 0.717) is 29.4 Å². The first-order valence-corrected chi connectivity index (χ1v) is 8.09. The molecule has 0 saturated carbocycles. The van der Waals surface area contributed by atoms with Crippen LogP contribution in [0.15, 0.2) is 48.5 Å². The summed E-state index contributed by atoms with van der Waals surface area (Å²) in [7, 11) is 0. The number of benzene rings is 2. The van der Waals surface area contributed by atoms with E-state index in [1.54, 1.807) is 6.07 Å². The molecule has 0 radical (unpaired) electrons. The molecule has 0 bridgehead atoms. The summed E-state index contributed by atoms with van der Waals surface area (Å²) < 4.78 is 5.62. The lowest BCUT2D eigenvalue weighted by Crippen LogP contribution is -2.47. The van der Waals surface area contributed by atoms with E-state index < -0.39 is 11.6 Å². The first-order valence-electron chi connectivity index (χ1n) is 7.72. The van der Waals surface area contributed by atoms with Gasteiger partial charge in [-0.25, -0.2) is 4.79 Å². The second-order valence-electron chi connectivity index (χ2n) is 5.91. The molecule has 6 heteroatoms. The third-order valence-electron chi connectivity index (χ3n) is 4.54. The van der Waals surface area contributed by atoms with Crippen LogP contribution in [-0.4, -0.2) is 23.4 Å². The summed E-state index contributed by atoms with van der Waals surface area (Å²) >= 11 is 6.17. The van der Waals surface area contributed by atoms with Crippen molar-refractivity contribution in [2.45, 2.75) is 18.5 Å². The highest BCUT2D eigenvalue weighted by Gasteiger charge is 2.54. The zero-order chi connectivity index (χ0) is 16.7. The Kier molecular flexibility index (Phi) is 3.46. The molecule has 0 aliphatic carbocycles. The molecule has 2 aromatic rings. The van der Waals surface area contributed by atoms with Crippen molar-refractivity contribution in [3.63, 3.8) is 0 Å². The molecule has 1 N–H and O–H groups in total. The fraction of sp³-hybridized carbons (Fsp3) is 0.222. The van der Waals surface area contributed by atoms with Gasteiger partial charge in [-0.1, -0.05) is 48.0 Å². The third-order valence-corrected chi connectivity index (χ3v) is 4.91. The second kappa shape index (κ2) is 5.53. The number of imide groups is 1. The first-order chi connectivity index (χ1) is 11.6. The van der Waals surface area contributed by atoms with Gasteiger partial charge in [0.25, 0.3) is 5.91 Å². The number of nitrogens with zero attached hydrogens (tertiary/aromatic N) is 1. The number of rotatable bonds is 2. The largest absolute Gasteiger partial charge is 0.493 e. The Hall–Kier alpha value is -2.53. The highest BCUT2D eigenvalue weighted by Crippen LogP contribution is 2.41. The van der Waals surface area contributed by atoms with Crippen LogP contribution in [0.2, 0.25) is 5.02 Å². The lowest BCUT2D eigenvalue weighted by atomic mass is 9.84. The maximum absolute atomic E-state index is 13.1. The molecule has 1 atom stereocenters. The average Bonchev–Trinajstić information content (AvgIpc) is 2.82. The van der Waals surface area contributed by atoms with Crippen LogP contribution in [-0.2, 0) is 16.9 Å². The summed E-state index contributed by atoms with van der Waals surface area (Å²) in [5, 5.41) is 3.41. The van der Waals surface area contributed by atoms with Gasteiger partial charge < -0.3 is 10.1 Å². The normalized spacial score (nSPS) is 22.3. The van der Waals surface area contributed by atoms with E-state index in [-0.39, 0.29) is 12.5 Å². The van der Waals surface area contributed by atoms with Crippen LogP contribution in [0.3, 0.4) is 0 Å². The Morgan fingerprint density at radius 3 is 2.71 bits per heavy atom. The summed E-state index contributed by atoms with van der Waals surface area (Å²) in [5.74, 6) is 0.375. The molecule has 0 aromatic heterocycles. The molecular weight excluding hydrogens is 328 g/mol. The molecule has 1 fully saturated rings. The van der Waals surface area contributed by atoms with Gasteiger partial charge in [0.1, 0.15) is 5.75 Å². The molecule has 2 aliphatic rings. The van der Waals surface area contributed by atoms with E-state index in [9.17, 15) is 9.59 Å². The average molecular weight is 343 g/mol. The Morgan fingerprint density at radius 2 is 1.88 bits per heavy atom. The molecule has 3 amide bonds. The van der Waals surface area contributed by atoms with Crippen LogP contribution in [0.5, 0.6) is 5.75 Å². The van der Waals surface area contributed by atoms with Gasteiger partial charge >= 0.3 is 6.03 Å². The quantitative estimate of drug-likeness (QED) is 0.853. The zero-order valence-corrected chi connectivity index (χ0v) is 13.5. The zero-order valence-electron chi connectivity index (χ0n) is 12.8. The van der Waals surface area contributed by atoms with Crippen LogP contribution in [0.1, 0.15) is 17.5 Å². The number of nitrogens with one attached hydrogen (secondary N) is 1. The molecule has 0 unspecified atom stereocenters. The predicted octanol–water partition coefficient (Wildman–Crippen LogP) is 3.07. The van der Waals surface area contributed by atoms with Gasteiger partial charge in [-0.05, 0) is 17.7 Å². The summed E-state index contributed by atoms with van der Waals surface area (Å²) in [5.41, 5.74) is 0.393. The molecule has 122 valence electrons. The van der Waals surface area contributed by atoms with E-state index in [1.165, 1.54) is 4.90 Å². The van der Waals surface area contributed by atoms with Crippen molar-refractivity contribution < 1.29 is 14.3 Å². The Morgan fingerprint density at radius 1 is 1.12 bits per heavy atom. The van der Waals surface area contributed by atoms with Crippen LogP contribution in [0.4, 0.5) is 4.79 Å². The Bertz CT molecular complexity index is 839. The van der Waals surface area contributed by atoms with Gasteiger partial charge in [0.2, 0.25) is 0 Å². The lowest BCUT2D eigenvalue weighted by Gasteiger charge is -2.33. The van der Waals surface area contributed by atoms with Crippen LogP contribution >= 0.6 is 11.6 Å². The number of amides is 3. The first kappa shape index (κ1) is 15.0. The molecule has 1 saturated heterocycles. The maximum atomic E-state index is 13.1. The number of fused-ring (bicyclic) bond motifs is 2. The van der Waals surface area contributed by atoms with Crippen molar-refractivity contribution in [3.8, 4) is 5.75 Å². The molecule has 5 nitrogen and oxygen atoms in total. The van der Waals surface area contributed by atoms with Crippen molar-refractivity contribution in [3.05, 3.63) is 64.7 Å². The van der Waals surface area contributed by atoms with E-state index in [2.05, 4.69) is 5.32 Å². The minimum Gasteiger partial charge on any atom is -0.493 e. The van der Waals surface area contributed by atoms with Crippen LogP contribution in [0, 0.1) is 0 Å². The summed E-state index contributed by atoms with van der Waals surface area (Å²) in [6.07, 6.45) is 0.410. The summed E-state index contributed by atoms with van der Waals surface area (Å²) in [6, 6.07) is 14.1. The topological polar surface area (TPSA) is 58.6 Å². The van der Waals surface area contributed by atoms with E-state index in [4.69, 9.17) is 16.3 Å². The molecule has 2 aliphatic heterocycles. The van der Waals surface area contributed by atoms with E-state index >= 15 is 0 Å². The lowest BCUT2D eigenvalue weighted by molar-refractivity contribution is -0.133. The van der Waals surface area contributed by atoms with E-state index in [1.807, 2.05) is 42.5 Å². The van der Waals surface area contributed by atoms with Crippen molar-refractivity contribution in [1.82, 2.24) is 10.2 Å². The van der Waals surface area contributed by atoms with Crippen LogP contribution < -0.4 is 10.1 Å². The number of urea groups is 1. The molecule has 1 spiro atoms. The van der Waals surface area contributed by atoms with Gasteiger partial charge in [-0.2, -0.15) is 0 Å². The van der Waals surface area contributed by atoms with Gasteiger partial charge in [0.15, 0.2) is 5.54 Å². The number of carbonyl (C=O) groups excluding carboxylic acids is 2. The fourth-order valence-electron chi connectivity index (χ4n) is 3.31. The number of para-hydroxylation sites is 1. The minimum absolute atomic E-state index is 0.148.